The highest BCUT2D eigenvalue weighted by atomic mass is 15.2. The Labute approximate surface area is 98.1 Å². The van der Waals surface area contributed by atoms with Gasteiger partial charge in [0.15, 0.2) is 0 Å². The number of rotatable bonds is 5. The van der Waals surface area contributed by atoms with E-state index < -0.39 is 0 Å². The molecule has 0 fully saturated rings. The van der Waals surface area contributed by atoms with Gasteiger partial charge in [0, 0.05) is 13.1 Å². The molecule has 0 aliphatic heterocycles. The molecule has 4 nitrogen and oxygen atoms in total. The zero-order valence-electron chi connectivity index (χ0n) is 10.9. The first-order valence-corrected chi connectivity index (χ1v) is 5.58. The van der Waals surface area contributed by atoms with E-state index in [0.29, 0.717) is 0 Å². The predicted molar refractivity (Wildman–Crippen MR) is 67.6 cm³/mol. The lowest BCUT2D eigenvalue weighted by Gasteiger charge is -2.28. The van der Waals surface area contributed by atoms with Crippen molar-refractivity contribution in [1.29, 1.82) is 0 Å². The highest BCUT2D eigenvalue weighted by Crippen LogP contribution is 2.16. The topological polar surface area (TPSA) is 41.0 Å². The molecule has 1 rings (SSSR count). The van der Waals surface area contributed by atoms with Crippen molar-refractivity contribution in [2.24, 2.45) is 5.41 Å². The third-order valence-corrected chi connectivity index (χ3v) is 2.29. The van der Waals surface area contributed by atoms with Crippen LogP contribution >= 0.6 is 0 Å². The normalized spacial score (nSPS) is 11.9. The summed E-state index contributed by atoms with van der Waals surface area (Å²) in [5.74, 6) is 0.845. The number of nitrogens with one attached hydrogen (secondary N) is 1. The first-order valence-electron chi connectivity index (χ1n) is 5.58. The first kappa shape index (κ1) is 12.9. The van der Waals surface area contributed by atoms with Crippen molar-refractivity contribution in [2.75, 3.05) is 32.5 Å². The smallest absolute Gasteiger partial charge is 0.148 e. The Morgan fingerprint density at radius 1 is 1.25 bits per heavy atom. The molecule has 0 saturated carbocycles. The second-order valence-electron chi connectivity index (χ2n) is 5.32. The summed E-state index contributed by atoms with van der Waals surface area (Å²) in [6.07, 6.45) is 0. The average Bonchev–Trinajstić information content (AvgIpc) is 2.15. The van der Waals surface area contributed by atoms with Crippen molar-refractivity contribution in [1.82, 2.24) is 15.1 Å². The minimum absolute atomic E-state index is 0.218. The maximum Gasteiger partial charge on any atom is 0.148 e. The van der Waals surface area contributed by atoms with Gasteiger partial charge in [-0.2, -0.15) is 5.10 Å². The number of anilines is 1. The van der Waals surface area contributed by atoms with Crippen LogP contribution in [0.25, 0.3) is 0 Å². The maximum absolute atomic E-state index is 4.09. The molecule has 0 aliphatic carbocycles. The van der Waals surface area contributed by atoms with Gasteiger partial charge in [0.05, 0.1) is 5.69 Å². The van der Waals surface area contributed by atoms with Crippen molar-refractivity contribution in [3.63, 3.8) is 0 Å². The summed E-state index contributed by atoms with van der Waals surface area (Å²) in [5, 5.41) is 11.4. The van der Waals surface area contributed by atoms with Crippen LogP contribution in [0.15, 0.2) is 12.1 Å². The van der Waals surface area contributed by atoms with Crippen LogP contribution in [0.1, 0.15) is 19.5 Å². The highest BCUT2D eigenvalue weighted by Gasteiger charge is 2.18. The Morgan fingerprint density at radius 3 is 2.44 bits per heavy atom. The van der Waals surface area contributed by atoms with Gasteiger partial charge in [0.2, 0.25) is 0 Å². The third kappa shape index (κ3) is 4.57. The summed E-state index contributed by atoms with van der Waals surface area (Å²) in [5.41, 5.74) is 1.16. The molecule has 1 aromatic heterocycles. The van der Waals surface area contributed by atoms with E-state index in [-0.39, 0.29) is 5.41 Å². The van der Waals surface area contributed by atoms with Crippen LogP contribution in [-0.2, 0) is 0 Å². The summed E-state index contributed by atoms with van der Waals surface area (Å²) in [6.45, 7) is 8.35. The third-order valence-electron chi connectivity index (χ3n) is 2.29. The Bertz CT molecular complexity index is 316. The lowest BCUT2D eigenvalue weighted by Crippen LogP contribution is -2.34. The van der Waals surface area contributed by atoms with Crippen LogP contribution in [-0.4, -0.2) is 42.3 Å². The minimum atomic E-state index is 0.218. The van der Waals surface area contributed by atoms with Crippen LogP contribution in [0.3, 0.4) is 0 Å². The van der Waals surface area contributed by atoms with Crippen LogP contribution in [0.2, 0.25) is 0 Å². The summed E-state index contributed by atoms with van der Waals surface area (Å²) < 4.78 is 0. The quantitative estimate of drug-likeness (QED) is 0.824. The van der Waals surface area contributed by atoms with Gasteiger partial charge >= 0.3 is 0 Å². The van der Waals surface area contributed by atoms with E-state index in [0.717, 1.165) is 24.6 Å². The molecule has 0 atom stereocenters. The predicted octanol–water partition coefficient (Wildman–Crippen LogP) is 1.78. The monoisotopic (exact) mass is 222 g/mol. The van der Waals surface area contributed by atoms with Crippen molar-refractivity contribution in [3.05, 3.63) is 17.8 Å². The highest BCUT2D eigenvalue weighted by molar-refractivity contribution is 5.32. The largest absolute Gasteiger partial charge is 0.368 e. The van der Waals surface area contributed by atoms with E-state index >= 15 is 0 Å². The SMILES string of the molecule is Cc1ccc(NCC(C)(C)CN(C)C)nn1. The minimum Gasteiger partial charge on any atom is -0.368 e. The molecule has 0 saturated heterocycles. The van der Waals surface area contributed by atoms with Gasteiger partial charge in [-0.1, -0.05) is 13.8 Å². The molecule has 0 unspecified atom stereocenters. The Hall–Kier alpha value is -1.16. The zero-order chi connectivity index (χ0) is 12.2. The van der Waals surface area contributed by atoms with E-state index in [4.69, 9.17) is 0 Å². The summed E-state index contributed by atoms with van der Waals surface area (Å²) in [7, 11) is 4.18. The van der Waals surface area contributed by atoms with Crippen LogP contribution < -0.4 is 5.32 Å². The molecular formula is C12H22N4. The summed E-state index contributed by atoms with van der Waals surface area (Å²) in [4.78, 5) is 2.20. The van der Waals surface area contributed by atoms with Gasteiger partial charge in [0.1, 0.15) is 5.82 Å². The Morgan fingerprint density at radius 2 is 1.94 bits per heavy atom. The maximum atomic E-state index is 4.09. The van der Waals surface area contributed by atoms with Crippen molar-refractivity contribution in [2.45, 2.75) is 20.8 Å². The number of nitrogens with zero attached hydrogens (tertiary/aromatic N) is 3. The molecular weight excluding hydrogens is 200 g/mol. The molecule has 1 heterocycles. The lowest BCUT2D eigenvalue weighted by atomic mass is 9.93. The fraction of sp³-hybridized carbons (Fsp3) is 0.667. The van der Waals surface area contributed by atoms with E-state index in [1.807, 2.05) is 19.1 Å². The zero-order valence-corrected chi connectivity index (χ0v) is 10.9. The Balaban J connectivity index is 2.47. The number of hydrogen-bond acceptors (Lipinski definition) is 4. The molecule has 0 aromatic carbocycles. The lowest BCUT2D eigenvalue weighted by molar-refractivity contribution is 0.254. The molecule has 0 amide bonds. The number of aryl methyl sites for hydroxylation is 1. The fourth-order valence-corrected chi connectivity index (χ4v) is 1.74. The van der Waals surface area contributed by atoms with Crippen LogP contribution in [0, 0.1) is 12.3 Å². The standard InChI is InChI=1S/C12H22N4/c1-10-6-7-11(15-14-10)13-8-12(2,3)9-16(4)5/h6-7H,8-9H2,1-5H3,(H,13,15). The van der Waals surface area contributed by atoms with E-state index in [9.17, 15) is 0 Å². The molecule has 0 spiro atoms. The van der Waals surface area contributed by atoms with Crippen molar-refractivity contribution in [3.8, 4) is 0 Å². The molecule has 90 valence electrons. The summed E-state index contributed by atoms with van der Waals surface area (Å²) in [6, 6.07) is 3.93. The molecule has 1 N–H and O–H groups in total. The van der Waals surface area contributed by atoms with Gasteiger partial charge < -0.3 is 10.2 Å². The molecule has 0 radical (unpaired) electrons. The van der Waals surface area contributed by atoms with Gasteiger partial charge in [-0.05, 0) is 38.6 Å². The number of aromatic nitrogens is 2. The molecule has 1 aromatic rings. The van der Waals surface area contributed by atoms with E-state index in [2.05, 4.69) is 48.4 Å². The van der Waals surface area contributed by atoms with Crippen molar-refractivity contribution < 1.29 is 0 Å². The Kier molecular flexibility index (Phi) is 4.24. The van der Waals surface area contributed by atoms with E-state index in [1.54, 1.807) is 0 Å². The van der Waals surface area contributed by atoms with Gasteiger partial charge in [-0.25, -0.2) is 0 Å². The van der Waals surface area contributed by atoms with Gasteiger partial charge in [-0.3, -0.25) is 0 Å². The van der Waals surface area contributed by atoms with Crippen molar-refractivity contribution >= 4 is 5.82 Å². The molecule has 0 aliphatic rings. The average molecular weight is 222 g/mol. The van der Waals surface area contributed by atoms with E-state index in [1.165, 1.54) is 0 Å². The van der Waals surface area contributed by atoms with Crippen LogP contribution in [0.4, 0.5) is 5.82 Å². The number of hydrogen-bond donors (Lipinski definition) is 1. The van der Waals surface area contributed by atoms with Gasteiger partial charge in [-0.15, -0.1) is 5.10 Å². The molecule has 16 heavy (non-hydrogen) atoms. The molecule has 0 bridgehead atoms. The van der Waals surface area contributed by atoms with Crippen LogP contribution in [0.5, 0.6) is 0 Å². The molecule has 4 heteroatoms. The van der Waals surface area contributed by atoms with Gasteiger partial charge in [0.25, 0.3) is 0 Å². The summed E-state index contributed by atoms with van der Waals surface area (Å²) >= 11 is 0. The first-order chi connectivity index (χ1) is 7.39. The second-order valence-corrected chi connectivity index (χ2v) is 5.32. The fourth-order valence-electron chi connectivity index (χ4n) is 1.74. The second kappa shape index (κ2) is 5.25.